The summed E-state index contributed by atoms with van der Waals surface area (Å²) in [5.74, 6) is 2.33. The van der Waals surface area contributed by atoms with E-state index in [4.69, 9.17) is 0 Å². The van der Waals surface area contributed by atoms with Gasteiger partial charge in [0, 0.05) is 34.7 Å². The predicted octanol–water partition coefficient (Wildman–Crippen LogP) is 8.23. The molecule has 2 aliphatic rings. The van der Waals surface area contributed by atoms with Gasteiger partial charge in [-0.1, -0.05) is 93.9 Å². The molecule has 2 saturated heterocycles. The van der Waals surface area contributed by atoms with Gasteiger partial charge in [-0.15, -0.1) is 26.2 Å². The zero-order chi connectivity index (χ0) is 22.8. The molecular weight excluding hydrogens is 394 g/mol. The zero-order valence-electron chi connectivity index (χ0n) is 22.3. The molecule has 0 unspecified atom stereocenters. The first-order chi connectivity index (χ1) is 12.9. The second kappa shape index (κ2) is 40.4. The predicted molar refractivity (Wildman–Crippen MR) is 146 cm³/mol. The van der Waals surface area contributed by atoms with Crippen LogP contribution in [0.15, 0.2) is 0 Å². The van der Waals surface area contributed by atoms with E-state index in [1.54, 1.807) is 0 Å². The van der Waals surface area contributed by atoms with E-state index >= 15 is 0 Å². The summed E-state index contributed by atoms with van der Waals surface area (Å²) in [6.45, 7) is 35.5. The topological polar surface area (TPSA) is 28.2 Å². The minimum absolute atomic E-state index is 0. The summed E-state index contributed by atoms with van der Waals surface area (Å²) in [5.41, 5.74) is 0. The standard InChI is InChI=1S/2C5H10N.4C4H9.2Al/c2*1-2-4-6-5-3-1;4*1-4(2)3;;/h2*1-5H2;4*4H,1H2,2-3H3;;/q6*-1;;. The van der Waals surface area contributed by atoms with E-state index in [-0.39, 0.29) is 34.7 Å². The summed E-state index contributed by atoms with van der Waals surface area (Å²) < 4.78 is 0. The molecule has 4 heteroatoms. The minimum atomic E-state index is 0. The van der Waals surface area contributed by atoms with Crippen LogP contribution in [0.25, 0.3) is 10.6 Å². The Balaban J connectivity index is -0.0000000577. The van der Waals surface area contributed by atoms with Gasteiger partial charge in [0.1, 0.15) is 0 Å². The van der Waals surface area contributed by atoms with Gasteiger partial charge in [0.15, 0.2) is 0 Å². The molecule has 0 aliphatic carbocycles. The summed E-state index contributed by atoms with van der Waals surface area (Å²) in [6, 6.07) is 0. The van der Waals surface area contributed by atoms with Gasteiger partial charge in [-0.25, -0.2) is 0 Å². The molecule has 30 heavy (non-hydrogen) atoms. The third-order valence-corrected chi connectivity index (χ3v) is 2.26. The summed E-state index contributed by atoms with van der Waals surface area (Å²) in [7, 11) is 0. The first-order valence-corrected chi connectivity index (χ1v) is 11.5. The molecule has 2 heterocycles. The van der Waals surface area contributed by atoms with E-state index in [1.807, 2.05) is 0 Å². The highest BCUT2D eigenvalue weighted by Gasteiger charge is 1.84. The molecule has 2 fully saturated rings. The molecule has 182 valence electrons. The molecule has 0 atom stereocenters. The van der Waals surface area contributed by atoms with Crippen molar-refractivity contribution < 1.29 is 0 Å². The number of piperidine rings is 2. The maximum atomic E-state index is 4.18. The number of nitrogens with zero attached hydrogens (tertiary/aromatic N) is 2. The molecule has 0 bridgehead atoms. The van der Waals surface area contributed by atoms with Crippen molar-refractivity contribution in [2.75, 3.05) is 26.2 Å². The van der Waals surface area contributed by atoms with Crippen molar-refractivity contribution in [2.45, 2.75) is 93.9 Å². The minimum Gasteiger partial charge on any atom is -0.662 e. The van der Waals surface area contributed by atoms with Crippen molar-refractivity contribution in [1.82, 2.24) is 0 Å². The summed E-state index contributed by atoms with van der Waals surface area (Å²) in [4.78, 5) is 0. The lowest BCUT2D eigenvalue weighted by molar-refractivity contribution is 0.669. The van der Waals surface area contributed by atoms with Crippen molar-refractivity contribution in [1.29, 1.82) is 0 Å². The smallest absolute Gasteiger partial charge is 0 e. The van der Waals surface area contributed by atoms with Crippen LogP contribution < -0.4 is 0 Å². The lowest BCUT2D eigenvalue weighted by atomic mass is 10.2. The van der Waals surface area contributed by atoms with Gasteiger partial charge < -0.3 is 38.3 Å². The number of hydrogen-bond acceptors (Lipinski definition) is 0. The Morgan fingerprint density at radius 1 is 0.400 bits per heavy atom. The van der Waals surface area contributed by atoms with Crippen molar-refractivity contribution in [3.63, 3.8) is 0 Å². The molecule has 0 N–H and O–H groups in total. The maximum Gasteiger partial charge on any atom is 0 e. The van der Waals surface area contributed by atoms with Crippen LogP contribution in [0.4, 0.5) is 0 Å². The van der Waals surface area contributed by atoms with Crippen LogP contribution in [0.2, 0.25) is 0 Å². The van der Waals surface area contributed by atoms with E-state index in [0.29, 0.717) is 23.7 Å². The van der Waals surface area contributed by atoms with Gasteiger partial charge in [-0.05, 0) is 0 Å². The highest BCUT2D eigenvalue weighted by molar-refractivity contribution is 5.76. The summed E-state index contributed by atoms with van der Waals surface area (Å²) >= 11 is 0. The maximum absolute atomic E-state index is 4.18. The van der Waals surface area contributed by atoms with Gasteiger partial charge in [0.05, 0.1) is 0 Å². The second-order valence-electron chi connectivity index (χ2n) is 9.04. The monoisotopic (exact) mass is 450 g/mol. The molecule has 0 aromatic rings. The summed E-state index contributed by atoms with van der Waals surface area (Å²) in [6.07, 6.45) is 8.15. The first kappa shape index (κ1) is 44.6. The van der Waals surface area contributed by atoms with Crippen molar-refractivity contribution >= 4 is 34.7 Å². The first-order valence-electron chi connectivity index (χ1n) is 11.5. The largest absolute Gasteiger partial charge is 0.662 e. The van der Waals surface area contributed by atoms with E-state index in [0.717, 1.165) is 26.2 Å². The normalized spacial score (nSPS) is 14.4. The molecule has 0 saturated carbocycles. The Labute approximate surface area is 216 Å². The molecule has 0 aromatic heterocycles. The summed E-state index contributed by atoms with van der Waals surface area (Å²) in [5, 5.41) is 8.35. The lowest BCUT2D eigenvalue weighted by Gasteiger charge is -2.23. The fourth-order valence-corrected chi connectivity index (χ4v) is 1.47. The van der Waals surface area contributed by atoms with Crippen LogP contribution in [-0.2, 0) is 0 Å². The quantitative estimate of drug-likeness (QED) is 0.263. The third kappa shape index (κ3) is 135. The molecule has 0 aromatic carbocycles. The Hall–Kier alpha value is 0.985. The van der Waals surface area contributed by atoms with Crippen molar-refractivity contribution in [3.8, 4) is 0 Å². The highest BCUT2D eigenvalue weighted by Crippen LogP contribution is 2.07. The van der Waals surface area contributed by atoms with Gasteiger partial charge >= 0.3 is 0 Å². The van der Waals surface area contributed by atoms with E-state index in [2.05, 4.69) is 93.7 Å². The zero-order valence-corrected chi connectivity index (χ0v) is 24.6. The van der Waals surface area contributed by atoms with Crippen LogP contribution in [0.3, 0.4) is 0 Å². The third-order valence-electron chi connectivity index (χ3n) is 2.26. The highest BCUT2D eigenvalue weighted by atomic mass is 27.0. The van der Waals surface area contributed by atoms with Gasteiger partial charge in [0.25, 0.3) is 0 Å². The van der Waals surface area contributed by atoms with E-state index in [9.17, 15) is 0 Å². The van der Waals surface area contributed by atoms with E-state index in [1.165, 1.54) is 38.5 Å². The van der Waals surface area contributed by atoms with Crippen LogP contribution in [-0.4, -0.2) is 60.9 Å². The van der Waals surface area contributed by atoms with Gasteiger partial charge in [0.2, 0.25) is 0 Å². The Morgan fingerprint density at radius 3 is 0.567 bits per heavy atom. The van der Waals surface area contributed by atoms with Crippen molar-refractivity contribution in [2.24, 2.45) is 23.7 Å². The molecular formula is C26H56Al2N2-6. The molecule has 2 aliphatic heterocycles. The van der Waals surface area contributed by atoms with Gasteiger partial charge in [-0.3, -0.25) is 0 Å². The number of hydrogen-bond donors (Lipinski definition) is 0. The molecule has 2 nitrogen and oxygen atoms in total. The van der Waals surface area contributed by atoms with E-state index < -0.39 is 0 Å². The Kier molecular flexibility index (Phi) is 60.0. The van der Waals surface area contributed by atoms with Crippen molar-refractivity contribution in [3.05, 3.63) is 38.3 Å². The molecule has 2 rings (SSSR count). The lowest BCUT2D eigenvalue weighted by Crippen LogP contribution is -1.96. The number of rotatable bonds is 0. The molecule has 6 radical (unpaired) electrons. The SMILES string of the molecule is C1CC[N-]CC1.C1CC[N-]CC1.[Al].[Al].[CH2-]C(C)C.[CH2-]C(C)C.[CH2-]C(C)C.[CH2-]C(C)C. The van der Waals surface area contributed by atoms with Crippen LogP contribution >= 0.6 is 0 Å². The van der Waals surface area contributed by atoms with Crippen LogP contribution in [0, 0.1) is 51.4 Å². The second-order valence-corrected chi connectivity index (χ2v) is 9.04. The van der Waals surface area contributed by atoms with Crippen LogP contribution in [0.5, 0.6) is 0 Å². The van der Waals surface area contributed by atoms with Gasteiger partial charge in [-0.2, -0.15) is 23.7 Å². The average molecular weight is 451 g/mol. The fourth-order valence-electron chi connectivity index (χ4n) is 1.47. The fraction of sp³-hybridized carbons (Fsp3) is 0.846. The van der Waals surface area contributed by atoms with Crippen LogP contribution in [0.1, 0.15) is 93.9 Å². The Morgan fingerprint density at radius 2 is 0.533 bits per heavy atom. The Bertz CT molecular complexity index is 155. The average Bonchev–Trinajstić information content (AvgIpc) is 2.56. The molecule has 0 spiro atoms. The molecule has 0 amide bonds.